The summed E-state index contributed by atoms with van der Waals surface area (Å²) in [7, 11) is 0. The van der Waals surface area contributed by atoms with E-state index >= 15 is 0 Å². The molecule has 1 atom stereocenters. The van der Waals surface area contributed by atoms with Gasteiger partial charge in [0.1, 0.15) is 18.4 Å². The Hall–Kier alpha value is -2.45. The number of hydrogen-bond donors (Lipinski definition) is 3. The van der Waals surface area contributed by atoms with E-state index < -0.39 is 23.8 Å². The standard InChI is InChI=1S/C12H17N5O4/c1-12(2,3)11-14-8(15-16-11)9(19)17-5-7(18)13-4-6(17)10(20)21/h6H,4-5H2,1-3H3,(H,13,18)(H,20,21)(H,14,15,16). The van der Waals surface area contributed by atoms with Crippen molar-refractivity contribution in [2.45, 2.75) is 32.2 Å². The summed E-state index contributed by atoms with van der Waals surface area (Å²) in [4.78, 5) is 40.0. The number of rotatable bonds is 2. The molecule has 0 spiro atoms. The second-order valence-electron chi connectivity index (χ2n) is 5.85. The molecule has 0 aliphatic carbocycles. The molecule has 1 saturated heterocycles. The van der Waals surface area contributed by atoms with Gasteiger partial charge in [-0.15, -0.1) is 5.10 Å². The van der Waals surface area contributed by atoms with Crippen molar-refractivity contribution < 1.29 is 19.5 Å². The van der Waals surface area contributed by atoms with E-state index in [-0.39, 0.29) is 24.3 Å². The maximum Gasteiger partial charge on any atom is 0.328 e. The van der Waals surface area contributed by atoms with Gasteiger partial charge in [0.2, 0.25) is 11.7 Å². The molecule has 2 rings (SSSR count). The Morgan fingerprint density at radius 1 is 1.38 bits per heavy atom. The first-order chi connectivity index (χ1) is 9.70. The highest BCUT2D eigenvalue weighted by Gasteiger charge is 2.37. The molecule has 0 saturated carbocycles. The number of nitrogens with zero attached hydrogens (tertiary/aromatic N) is 3. The normalized spacial score (nSPS) is 19.3. The maximum absolute atomic E-state index is 12.3. The zero-order valence-corrected chi connectivity index (χ0v) is 12.0. The van der Waals surface area contributed by atoms with E-state index in [9.17, 15) is 14.4 Å². The van der Waals surface area contributed by atoms with Gasteiger partial charge in [0.25, 0.3) is 5.91 Å². The number of aliphatic carboxylic acids is 1. The molecule has 114 valence electrons. The lowest BCUT2D eigenvalue weighted by molar-refractivity contribution is -0.144. The second-order valence-corrected chi connectivity index (χ2v) is 5.85. The van der Waals surface area contributed by atoms with Crippen molar-refractivity contribution in [1.82, 2.24) is 25.4 Å². The molecule has 2 heterocycles. The number of amides is 2. The minimum Gasteiger partial charge on any atom is -0.480 e. The van der Waals surface area contributed by atoms with Gasteiger partial charge in [0, 0.05) is 12.0 Å². The number of aromatic amines is 1. The summed E-state index contributed by atoms with van der Waals surface area (Å²) in [6, 6.07) is -1.12. The Kier molecular flexibility index (Phi) is 3.67. The Morgan fingerprint density at radius 3 is 2.57 bits per heavy atom. The first-order valence-corrected chi connectivity index (χ1v) is 6.43. The van der Waals surface area contributed by atoms with Crippen LogP contribution >= 0.6 is 0 Å². The molecule has 1 aromatic rings. The largest absolute Gasteiger partial charge is 0.480 e. The highest BCUT2D eigenvalue weighted by Crippen LogP contribution is 2.18. The molecule has 9 nitrogen and oxygen atoms in total. The van der Waals surface area contributed by atoms with Crippen molar-refractivity contribution >= 4 is 17.8 Å². The summed E-state index contributed by atoms with van der Waals surface area (Å²) in [5.41, 5.74) is -0.322. The second kappa shape index (κ2) is 5.15. The maximum atomic E-state index is 12.3. The predicted octanol–water partition coefficient (Wildman–Crippen LogP) is -0.873. The number of hydrogen-bond acceptors (Lipinski definition) is 5. The summed E-state index contributed by atoms with van der Waals surface area (Å²) in [5.74, 6) is -1.90. The van der Waals surface area contributed by atoms with E-state index in [1.807, 2.05) is 20.8 Å². The third-order valence-electron chi connectivity index (χ3n) is 3.12. The van der Waals surface area contributed by atoms with Crippen molar-refractivity contribution in [3.05, 3.63) is 11.6 Å². The van der Waals surface area contributed by atoms with Crippen LogP contribution in [0.25, 0.3) is 0 Å². The van der Waals surface area contributed by atoms with E-state index in [0.29, 0.717) is 5.82 Å². The Bertz CT molecular complexity index is 589. The van der Waals surface area contributed by atoms with Crippen molar-refractivity contribution in [2.75, 3.05) is 13.1 Å². The molecule has 0 aromatic carbocycles. The van der Waals surface area contributed by atoms with Crippen LogP contribution in [0.2, 0.25) is 0 Å². The van der Waals surface area contributed by atoms with E-state index in [1.165, 1.54) is 0 Å². The van der Waals surface area contributed by atoms with E-state index in [4.69, 9.17) is 5.11 Å². The summed E-state index contributed by atoms with van der Waals surface area (Å²) in [5, 5.41) is 18.0. The fraction of sp³-hybridized carbons (Fsp3) is 0.583. The lowest BCUT2D eigenvalue weighted by atomic mass is 9.96. The zero-order chi connectivity index (χ0) is 15.8. The van der Waals surface area contributed by atoms with Gasteiger partial charge in [-0.2, -0.15) is 0 Å². The van der Waals surface area contributed by atoms with Crippen LogP contribution in [0.4, 0.5) is 0 Å². The molecule has 21 heavy (non-hydrogen) atoms. The van der Waals surface area contributed by atoms with Gasteiger partial charge in [-0.25, -0.2) is 9.78 Å². The minimum atomic E-state index is -1.19. The average molecular weight is 295 g/mol. The topological polar surface area (TPSA) is 128 Å². The van der Waals surface area contributed by atoms with Crippen LogP contribution in [0.3, 0.4) is 0 Å². The lowest BCUT2D eigenvalue weighted by Gasteiger charge is -2.31. The SMILES string of the molecule is CC(C)(C)c1nc(C(=O)N2CC(=O)NCC2C(=O)O)n[nH]1. The molecule has 2 amide bonds. The number of carboxylic acid groups (broad SMARTS) is 1. The van der Waals surface area contributed by atoms with Crippen molar-refractivity contribution in [3.63, 3.8) is 0 Å². The first-order valence-electron chi connectivity index (χ1n) is 6.43. The Morgan fingerprint density at radius 2 is 2.05 bits per heavy atom. The van der Waals surface area contributed by atoms with Crippen LogP contribution in [0.15, 0.2) is 0 Å². The van der Waals surface area contributed by atoms with Gasteiger partial charge in [-0.1, -0.05) is 20.8 Å². The molecular weight excluding hydrogens is 278 g/mol. The number of carboxylic acids is 1. The fourth-order valence-corrected chi connectivity index (χ4v) is 1.90. The first kappa shape index (κ1) is 14.9. The Labute approximate surface area is 120 Å². The van der Waals surface area contributed by atoms with Gasteiger partial charge in [0.15, 0.2) is 0 Å². The Balaban J connectivity index is 2.26. The molecule has 1 aliphatic rings. The predicted molar refractivity (Wildman–Crippen MR) is 70.6 cm³/mol. The molecular formula is C12H17N5O4. The number of carbonyl (C=O) groups is 3. The fourth-order valence-electron chi connectivity index (χ4n) is 1.90. The van der Waals surface area contributed by atoms with Crippen LogP contribution in [-0.2, 0) is 15.0 Å². The quantitative estimate of drug-likeness (QED) is 0.650. The molecule has 1 unspecified atom stereocenters. The molecule has 1 aliphatic heterocycles. The van der Waals surface area contributed by atoms with E-state index in [2.05, 4.69) is 20.5 Å². The van der Waals surface area contributed by atoms with Crippen LogP contribution in [0.5, 0.6) is 0 Å². The molecule has 1 fully saturated rings. The number of piperazine rings is 1. The monoisotopic (exact) mass is 295 g/mol. The summed E-state index contributed by atoms with van der Waals surface area (Å²) in [6.45, 7) is 5.24. The highest BCUT2D eigenvalue weighted by molar-refractivity contribution is 5.97. The number of carbonyl (C=O) groups excluding carboxylic acids is 2. The van der Waals surface area contributed by atoms with Gasteiger partial charge in [-0.05, 0) is 0 Å². The van der Waals surface area contributed by atoms with Crippen molar-refractivity contribution in [2.24, 2.45) is 0 Å². The van der Waals surface area contributed by atoms with Crippen molar-refractivity contribution in [3.8, 4) is 0 Å². The van der Waals surface area contributed by atoms with Gasteiger partial charge in [0.05, 0.1) is 0 Å². The van der Waals surface area contributed by atoms with Crippen LogP contribution in [0, 0.1) is 0 Å². The third-order valence-corrected chi connectivity index (χ3v) is 3.12. The van der Waals surface area contributed by atoms with Gasteiger partial charge in [-0.3, -0.25) is 14.7 Å². The number of aromatic nitrogens is 3. The van der Waals surface area contributed by atoms with Gasteiger partial charge < -0.3 is 15.3 Å². The molecule has 3 N–H and O–H groups in total. The molecule has 1 aromatic heterocycles. The van der Waals surface area contributed by atoms with Crippen LogP contribution < -0.4 is 5.32 Å². The summed E-state index contributed by atoms with van der Waals surface area (Å²) in [6.07, 6.45) is 0. The zero-order valence-electron chi connectivity index (χ0n) is 12.0. The van der Waals surface area contributed by atoms with Crippen molar-refractivity contribution in [1.29, 1.82) is 0 Å². The summed E-state index contributed by atoms with van der Waals surface area (Å²) < 4.78 is 0. The minimum absolute atomic E-state index is 0.129. The van der Waals surface area contributed by atoms with E-state index in [0.717, 1.165) is 4.90 Å². The van der Waals surface area contributed by atoms with E-state index in [1.54, 1.807) is 0 Å². The summed E-state index contributed by atoms with van der Waals surface area (Å²) >= 11 is 0. The molecule has 0 radical (unpaired) electrons. The number of nitrogens with one attached hydrogen (secondary N) is 2. The number of H-pyrrole nitrogens is 1. The average Bonchev–Trinajstić information content (AvgIpc) is 2.86. The van der Waals surface area contributed by atoms with Crippen LogP contribution in [0.1, 0.15) is 37.2 Å². The van der Waals surface area contributed by atoms with Gasteiger partial charge >= 0.3 is 5.97 Å². The molecule has 9 heteroatoms. The highest BCUT2D eigenvalue weighted by atomic mass is 16.4. The smallest absolute Gasteiger partial charge is 0.328 e. The third kappa shape index (κ3) is 3.01. The van der Waals surface area contributed by atoms with Crippen LogP contribution in [-0.4, -0.2) is 62.1 Å². The molecule has 0 bridgehead atoms. The lowest BCUT2D eigenvalue weighted by Crippen LogP contribution is -2.59.